The number of rotatable bonds is 5. The summed E-state index contributed by atoms with van der Waals surface area (Å²) in [6.07, 6.45) is 5.11. The number of fused-ring (bicyclic) bond motifs is 1. The molecule has 2 aromatic carbocycles. The van der Waals surface area contributed by atoms with Gasteiger partial charge in [0.05, 0.1) is 23.3 Å². The number of amides is 1. The molecule has 128 valence electrons. The van der Waals surface area contributed by atoms with Crippen molar-refractivity contribution in [2.75, 3.05) is 0 Å². The number of aromatic amines is 1. The van der Waals surface area contributed by atoms with Crippen molar-refractivity contribution in [3.05, 3.63) is 90.3 Å². The van der Waals surface area contributed by atoms with Gasteiger partial charge in [0.25, 0.3) is 5.91 Å². The lowest BCUT2D eigenvalue weighted by atomic mass is 10.1. The summed E-state index contributed by atoms with van der Waals surface area (Å²) in [5, 5.41) is 3.02. The zero-order chi connectivity index (χ0) is 17.8. The van der Waals surface area contributed by atoms with Crippen molar-refractivity contribution < 1.29 is 4.79 Å². The summed E-state index contributed by atoms with van der Waals surface area (Å²) in [4.78, 5) is 28.6. The molecule has 4 aromatic rings. The Balaban J connectivity index is 1.65. The summed E-state index contributed by atoms with van der Waals surface area (Å²) >= 11 is 0. The lowest BCUT2D eigenvalue weighted by molar-refractivity contribution is 0.0929. The average Bonchev–Trinajstić information content (AvgIpc) is 3.13. The van der Waals surface area contributed by atoms with Crippen molar-refractivity contribution in [1.29, 1.82) is 0 Å². The van der Waals surface area contributed by atoms with Gasteiger partial charge in [-0.25, -0.2) is 9.97 Å². The molecule has 2 N–H and O–H groups in total. The standard InChI is InChI=1S/C20H17N5O/c26-20(18-13-21-10-11-22-18)25-17(12-14-6-2-1-3-7-14)19-23-15-8-4-5-9-16(15)24-19/h1-11,13,17H,12H2,(H,23,24)(H,25,26)/t17-/m0/s1. The molecule has 6 heteroatoms. The Morgan fingerprint density at radius 1 is 1.04 bits per heavy atom. The van der Waals surface area contributed by atoms with Gasteiger partial charge in [0.1, 0.15) is 11.5 Å². The number of imidazole rings is 1. The van der Waals surface area contributed by atoms with Crippen LogP contribution in [-0.2, 0) is 6.42 Å². The molecule has 6 nitrogen and oxygen atoms in total. The fraction of sp³-hybridized carbons (Fsp3) is 0.100. The molecular weight excluding hydrogens is 326 g/mol. The number of carbonyl (C=O) groups excluding carboxylic acids is 1. The highest BCUT2D eigenvalue weighted by Gasteiger charge is 2.20. The number of nitrogens with zero attached hydrogens (tertiary/aromatic N) is 3. The minimum atomic E-state index is -0.306. The third-order valence-corrected chi connectivity index (χ3v) is 4.12. The summed E-state index contributed by atoms with van der Waals surface area (Å²) in [5.74, 6) is 0.437. The maximum Gasteiger partial charge on any atom is 0.272 e. The van der Waals surface area contributed by atoms with Crippen LogP contribution < -0.4 is 5.32 Å². The minimum Gasteiger partial charge on any atom is -0.340 e. The fourth-order valence-electron chi connectivity index (χ4n) is 2.85. The number of benzene rings is 2. The smallest absolute Gasteiger partial charge is 0.272 e. The molecule has 4 rings (SSSR count). The van der Waals surface area contributed by atoms with Gasteiger partial charge in [0.15, 0.2) is 0 Å². The molecule has 0 aliphatic carbocycles. The maximum atomic E-state index is 12.6. The number of H-pyrrole nitrogens is 1. The van der Waals surface area contributed by atoms with Crippen LogP contribution in [0.2, 0.25) is 0 Å². The van der Waals surface area contributed by atoms with E-state index in [-0.39, 0.29) is 17.6 Å². The van der Waals surface area contributed by atoms with E-state index in [0.717, 1.165) is 16.6 Å². The number of para-hydroxylation sites is 2. The summed E-state index contributed by atoms with van der Waals surface area (Å²) < 4.78 is 0. The van der Waals surface area contributed by atoms with Crippen LogP contribution >= 0.6 is 0 Å². The van der Waals surface area contributed by atoms with Crippen LogP contribution in [0.1, 0.15) is 27.9 Å². The highest BCUT2D eigenvalue weighted by atomic mass is 16.1. The van der Waals surface area contributed by atoms with E-state index in [4.69, 9.17) is 0 Å². The summed E-state index contributed by atoms with van der Waals surface area (Å²) in [7, 11) is 0. The predicted molar refractivity (Wildman–Crippen MR) is 98.5 cm³/mol. The molecule has 0 unspecified atom stereocenters. The van der Waals surface area contributed by atoms with E-state index < -0.39 is 0 Å². The van der Waals surface area contributed by atoms with Crippen LogP contribution in [0, 0.1) is 0 Å². The van der Waals surface area contributed by atoms with E-state index in [1.807, 2.05) is 54.6 Å². The quantitative estimate of drug-likeness (QED) is 0.583. The number of nitrogens with one attached hydrogen (secondary N) is 2. The van der Waals surface area contributed by atoms with E-state index in [1.165, 1.54) is 18.6 Å². The second-order valence-corrected chi connectivity index (χ2v) is 5.95. The summed E-state index contributed by atoms with van der Waals surface area (Å²) in [6.45, 7) is 0. The lowest BCUT2D eigenvalue weighted by Crippen LogP contribution is -2.31. The second kappa shape index (κ2) is 7.14. The average molecular weight is 343 g/mol. The SMILES string of the molecule is O=C(N[C@@H](Cc1ccccc1)c1nc2ccccc2[nH]1)c1cnccn1. The molecule has 0 saturated heterocycles. The molecule has 26 heavy (non-hydrogen) atoms. The zero-order valence-electron chi connectivity index (χ0n) is 14.0. The molecule has 0 radical (unpaired) electrons. The molecule has 2 heterocycles. The first kappa shape index (κ1) is 16.0. The number of hydrogen-bond acceptors (Lipinski definition) is 4. The maximum absolute atomic E-state index is 12.6. The van der Waals surface area contributed by atoms with E-state index >= 15 is 0 Å². The van der Waals surface area contributed by atoms with Gasteiger partial charge in [-0.3, -0.25) is 9.78 Å². The van der Waals surface area contributed by atoms with E-state index in [1.54, 1.807) is 0 Å². The number of hydrogen-bond donors (Lipinski definition) is 2. The summed E-state index contributed by atoms with van der Waals surface area (Å²) in [5.41, 5.74) is 3.20. The predicted octanol–water partition coefficient (Wildman–Crippen LogP) is 3.07. The number of carbonyl (C=O) groups is 1. The van der Waals surface area contributed by atoms with Crippen molar-refractivity contribution in [3.63, 3.8) is 0 Å². The fourth-order valence-corrected chi connectivity index (χ4v) is 2.85. The van der Waals surface area contributed by atoms with Gasteiger partial charge in [-0.15, -0.1) is 0 Å². The summed E-state index contributed by atoms with van der Waals surface area (Å²) in [6, 6.07) is 17.5. The lowest BCUT2D eigenvalue weighted by Gasteiger charge is -2.16. The van der Waals surface area contributed by atoms with Crippen LogP contribution in [0.15, 0.2) is 73.2 Å². The molecule has 0 fully saturated rings. The van der Waals surface area contributed by atoms with Crippen LogP contribution in [-0.4, -0.2) is 25.8 Å². The largest absolute Gasteiger partial charge is 0.340 e. The minimum absolute atomic E-state index is 0.278. The van der Waals surface area contributed by atoms with Crippen molar-refractivity contribution in [2.24, 2.45) is 0 Å². The molecular formula is C20H17N5O. The van der Waals surface area contributed by atoms with Gasteiger partial charge in [0.2, 0.25) is 0 Å². The van der Waals surface area contributed by atoms with Gasteiger partial charge in [-0.2, -0.15) is 0 Å². The molecule has 0 aliphatic rings. The van der Waals surface area contributed by atoms with Gasteiger partial charge >= 0.3 is 0 Å². The van der Waals surface area contributed by atoms with Crippen LogP contribution in [0.5, 0.6) is 0 Å². The zero-order valence-corrected chi connectivity index (χ0v) is 14.0. The first-order valence-corrected chi connectivity index (χ1v) is 8.35. The van der Waals surface area contributed by atoms with Crippen molar-refractivity contribution >= 4 is 16.9 Å². The first-order valence-electron chi connectivity index (χ1n) is 8.35. The Labute approximate surface area is 150 Å². The Kier molecular flexibility index (Phi) is 4.38. The molecule has 2 aromatic heterocycles. The molecule has 1 amide bonds. The molecule has 0 aliphatic heterocycles. The highest BCUT2D eigenvalue weighted by Crippen LogP contribution is 2.20. The van der Waals surface area contributed by atoms with Gasteiger partial charge in [-0.05, 0) is 24.1 Å². The number of aromatic nitrogens is 4. The molecule has 1 atom stereocenters. The van der Waals surface area contributed by atoms with Crippen LogP contribution in [0.3, 0.4) is 0 Å². The Morgan fingerprint density at radius 3 is 2.62 bits per heavy atom. The van der Waals surface area contributed by atoms with Crippen molar-refractivity contribution in [3.8, 4) is 0 Å². The Hall–Kier alpha value is -3.54. The normalized spacial score (nSPS) is 12.0. The topological polar surface area (TPSA) is 83.6 Å². The van der Waals surface area contributed by atoms with Crippen molar-refractivity contribution in [2.45, 2.75) is 12.5 Å². The van der Waals surface area contributed by atoms with Crippen LogP contribution in [0.4, 0.5) is 0 Å². The van der Waals surface area contributed by atoms with E-state index in [9.17, 15) is 4.79 Å². The second-order valence-electron chi connectivity index (χ2n) is 5.95. The van der Waals surface area contributed by atoms with Gasteiger partial charge in [-0.1, -0.05) is 42.5 Å². The van der Waals surface area contributed by atoms with Gasteiger partial charge in [0, 0.05) is 12.4 Å². The van der Waals surface area contributed by atoms with E-state index in [2.05, 4.69) is 25.3 Å². The van der Waals surface area contributed by atoms with Crippen molar-refractivity contribution in [1.82, 2.24) is 25.3 Å². The molecule has 0 spiro atoms. The highest BCUT2D eigenvalue weighted by molar-refractivity contribution is 5.92. The molecule has 0 saturated carbocycles. The molecule has 0 bridgehead atoms. The van der Waals surface area contributed by atoms with Gasteiger partial charge < -0.3 is 10.3 Å². The van der Waals surface area contributed by atoms with Crippen LogP contribution in [0.25, 0.3) is 11.0 Å². The Morgan fingerprint density at radius 2 is 1.85 bits per heavy atom. The third-order valence-electron chi connectivity index (χ3n) is 4.12. The third kappa shape index (κ3) is 3.44. The van der Waals surface area contributed by atoms with E-state index in [0.29, 0.717) is 12.2 Å². The monoisotopic (exact) mass is 343 g/mol. The Bertz CT molecular complexity index is 981. The first-order chi connectivity index (χ1) is 12.8.